The van der Waals surface area contributed by atoms with Gasteiger partial charge in [-0.05, 0) is 51.4 Å². The van der Waals surface area contributed by atoms with Gasteiger partial charge in [-0.2, -0.15) is 0 Å². The first-order chi connectivity index (χ1) is 27.8. The Morgan fingerprint density at radius 2 is 0.965 bits per heavy atom. The van der Waals surface area contributed by atoms with E-state index in [0.29, 0.717) is 6.42 Å². The van der Waals surface area contributed by atoms with E-state index in [9.17, 15) is 19.0 Å². The molecule has 332 valence electrons. The Balaban J connectivity index is 3.77. The SMILES string of the molecule is CC/C=C\C/C=C\C/C=C\C/C=C\CCCCCCCCCCCCCCCCCCCCC(=O)OC(COC(=O)CCCCCCC)COP(=O)(O)OCCN. The van der Waals surface area contributed by atoms with Crippen LogP contribution >= 0.6 is 7.82 Å². The zero-order chi connectivity index (χ0) is 41.8. The van der Waals surface area contributed by atoms with Gasteiger partial charge in [0.05, 0.1) is 13.2 Å². The number of phosphoric acid groups is 1. The maximum atomic E-state index is 12.5. The lowest BCUT2D eigenvalue weighted by Gasteiger charge is -2.19. The highest BCUT2D eigenvalue weighted by molar-refractivity contribution is 7.47. The van der Waals surface area contributed by atoms with Crippen molar-refractivity contribution in [2.75, 3.05) is 26.4 Å². The quantitative estimate of drug-likeness (QED) is 0.0267. The van der Waals surface area contributed by atoms with Gasteiger partial charge in [-0.1, -0.05) is 191 Å². The molecule has 0 heterocycles. The molecule has 0 aliphatic carbocycles. The fourth-order valence-electron chi connectivity index (χ4n) is 6.33. The van der Waals surface area contributed by atoms with Crippen LogP contribution in [0.4, 0.5) is 0 Å². The van der Waals surface area contributed by atoms with Crippen molar-refractivity contribution in [3.63, 3.8) is 0 Å². The zero-order valence-corrected chi connectivity index (χ0v) is 37.5. The minimum atomic E-state index is -4.36. The molecular weight excluding hydrogens is 737 g/mol. The van der Waals surface area contributed by atoms with Gasteiger partial charge in [-0.15, -0.1) is 0 Å². The smallest absolute Gasteiger partial charge is 0.462 e. The van der Waals surface area contributed by atoms with E-state index in [1.165, 1.54) is 103 Å². The predicted molar refractivity (Wildman–Crippen MR) is 238 cm³/mol. The van der Waals surface area contributed by atoms with E-state index in [0.717, 1.165) is 70.6 Å². The molecule has 0 bridgehead atoms. The zero-order valence-electron chi connectivity index (χ0n) is 36.6. The molecule has 0 aromatic carbocycles. The number of esters is 2. The lowest BCUT2D eigenvalue weighted by Crippen LogP contribution is -2.29. The van der Waals surface area contributed by atoms with Crippen LogP contribution in [0.25, 0.3) is 0 Å². The number of ether oxygens (including phenoxy) is 2. The van der Waals surface area contributed by atoms with Gasteiger partial charge in [0.1, 0.15) is 6.61 Å². The summed E-state index contributed by atoms with van der Waals surface area (Å²) in [7, 11) is -4.36. The molecule has 57 heavy (non-hydrogen) atoms. The Hall–Kier alpha value is -2.03. The highest BCUT2D eigenvalue weighted by atomic mass is 31.2. The van der Waals surface area contributed by atoms with E-state index in [2.05, 4.69) is 62.5 Å². The summed E-state index contributed by atoms with van der Waals surface area (Å²) in [6, 6.07) is 0. The molecule has 0 fully saturated rings. The number of phosphoric ester groups is 1. The van der Waals surface area contributed by atoms with Crippen molar-refractivity contribution in [3.8, 4) is 0 Å². The molecule has 0 aromatic rings. The van der Waals surface area contributed by atoms with E-state index < -0.39 is 32.5 Å². The van der Waals surface area contributed by atoms with E-state index in [4.69, 9.17) is 24.3 Å². The topological polar surface area (TPSA) is 134 Å². The fraction of sp³-hybridized carbons (Fsp3) is 0.787. The summed E-state index contributed by atoms with van der Waals surface area (Å²) >= 11 is 0. The van der Waals surface area contributed by atoms with E-state index in [1.807, 2.05) is 0 Å². The summed E-state index contributed by atoms with van der Waals surface area (Å²) in [5.41, 5.74) is 5.33. The van der Waals surface area contributed by atoms with Gasteiger partial charge in [-0.3, -0.25) is 18.6 Å². The summed E-state index contributed by atoms with van der Waals surface area (Å²) < 4.78 is 32.5. The molecule has 2 unspecified atom stereocenters. The van der Waals surface area contributed by atoms with Crippen molar-refractivity contribution < 1.29 is 37.6 Å². The first-order valence-corrected chi connectivity index (χ1v) is 24.6. The molecule has 9 nitrogen and oxygen atoms in total. The standard InChI is InChI=1S/C47H86NO8P/c1-3-5-7-9-10-11-12-13-14-15-16-17-18-19-20-21-22-23-24-25-26-27-28-29-30-31-32-33-34-36-38-40-47(50)56-45(44-55-57(51,52)54-42-41-48)43-53-46(49)39-37-35-8-6-4-2/h5,7,10-11,13-14,16-17,45H,3-4,6,8-9,12,15,18-44,48H2,1-2H3,(H,51,52)/b7-5-,11-10-,14-13-,17-16-. The molecule has 0 aromatic heterocycles. The Morgan fingerprint density at radius 3 is 1.44 bits per heavy atom. The Labute approximate surface area is 349 Å². The van der Waals surface area contributed by atoms with E-state index in [1.54, 1.807) is 0 Å². The van der Waals surface area contributed by atoms with Crippen LogP contribution in [0.3, 0.4) is 0 Å². The van der Waals surface area contributed by atoms with Crippen molar-refractivity contribution in [3.05, 3.63) is 48.6 Å². The maximum absolute atomic E-state index is 12.5. The summed E-state index contributed by atoms with van der Waals surface area (Å²) in [6.07, 6.45) is 50.8. The monoisotopic (exact) mass is 824 g/mol. The molecule has 0 saturated heterocycles. The maximum Gasteiger partial charge on any atom is 0.472 e. The lowest BCUT2D eigenvalue weighted by atomic mass is 10.0. The van der Waals surface area contributed by atoms with Crippen molar-refractivity contribution in [2.24, 2.45) is 5.73 Å². The van der Waals surface area contributed by atoms with Gasteiger partial charge in [0.25, 0.3) is 0 Å². The highest BCUT2D eigenvalue weighted by Gasteiger charge is 2.26. The predicted octanol–water partition coefficient (Wildman–Crippen LogP) is 13.5. The number of unbranched alkanes of at least 4 members (excludes halogenated alkanes) is 22. The van der Waals surface area contributed by atoms with Crippen molar-refractivity contribution in [2.45, 2.75) is 213 Å². The van der Waals surface area contributed by atoms with Crippen LogP contribution in [0, 0.1) is 0 Å². The number of hydrogen-bond donors (Lipinski definition) is 2. The molecule has 0 aliphatic heterocycles. The normalized spacial score (nSPS) is 13.7. The van der Waals surface area contributed by atoms with Gasteiger partial charge < -0.3 is 20.1 Å². The van der Waals surface area contributed by atoms with Gasteiger partial charge in [-0.25, -0.2) is 4.57 Å². The summed E-state index contributed by atoms with van der Waals surface area (Å²) in [6.45, 7) is 3.53. The van der Waals surface area contributed by atoms with Crippen molar-refractivity contribution in [1.82, 2.24) is 0 Å². The second kappa shape index (κ2) is 43.5. The second-order valence-corrected chi connectivity index (χ2v) is 16.7. The Bertz CT molecular complexity index is 1080. The molecule has 0 radical (unpaired) electrons. The number of carbonyl (C=O) groups is 2. The van der Waals surface area contributed by atoms with Crippen LogP contribution in [-0.4, -0.2) is 49.3 Å². The lowest BCUT2D eigenvalue weighted by molar-refractivity contribution is -0.161. The Kier molecular flexibility index (Phi) is 42.0. The minimum Gasteiger partial charge on any atom is -0.462 e. The molecule has 0 aliphatic rings. The average Bonchev–Trinajstić information content (AvgIpc) is 3.20. The third-order valence-corrected chi connectivity index (χ3v) is 10.7. The first-order valence-electron chi connectivity index (χ1n) is 23.1. The molecule has 0 rings (SSSR count). The van der Waals surface area contributed by atoms with Crippen LogP contribution in [0.2, 0.25) is 0 Å². The molecule has 10 heteroatoms. The van der Waals surface area contributed by atoms with Crippen LogP contribution in [0.1, 0.15) is 206 Å². The van der Waals surface area contributed by atoms with Crippen molar-refractivity contribution in [1.29, 1.82) is 0 Å². The summed E-state index contributed by atoms with van der Waals surface area (Å²) in [5.74, 6) is -0.838. The largest absolute Gasteiger partial charge is 0.472 e. The van der Waals surface area contributed by atoms with Gasteiger partial charge >= 0.3 is 19.8 Å². The highest BCUT2D eigenvalue weighted by Crippen LogP contribution is 2.43. The van der Waals surface area contributed by atoms with Gasteiger partial charge in [0, 0.05) is 19.4 Å². The molecule has 3 N–H and O–H groups in total. The van der Waals surface area contributed by atoms with Crippen LogP contribution in [0.5, 0.6) is 0 Å². The number of hydrogen-bond acceptors (Lipinski definition) is 8. The number of allylic oxidation sites excluding steroid dienone is 8. The van der Waals surface area contributed by atoms with Crippen LogP contribution < -0.4 is 5.73 Å². The Morgan fingerprint density at radius 1 is 0.544 bits per heavy atom. The van der Waals surface area contributed by atoms with Gasteiger partial charge in [0.2, 0.25) is 0 Å². The van der Waals surface area contributed by atoms with Crippen LogP contribution in [0.15, 0.2) is 48.6 Å². The second-order valence-electron chi connectivity index (χ2n) is 15.2. The first kappa shape index (κ1) is 55.0. The van der Waals surface area contributed by atoms with E-state index in [-0.39, 0.29) is 32.6 Å². The summed E-state index contributed by atoms with van der Waals surface area (Å²) in [4.78, 5) is 34.5. The molecule has 0 spiro atoms. The molecular formula is C47H86NO8P. The van der Waals surface area contributed by atoms with E-state index >= 15 is 0 Å². The molecule has 0 amide bonds. The number of nitrogens with two attached hydrogens (primary N) is 1. The third kappa shape index (κ3) is 43.4. The fourth-order valence-corrected chi connectivity index (χ4v) is 7.10. The third-order valence-electron chi connectivity index (χ3n) is 9.73. The van der Waals surface area contributed by atoms with Crippen molar-refractivity contribution >= 4 is 19.8 Å². The average molecular weight is 824 g/mol. The summed E-state index contributed by atoms with van der Waals surface area (Å²) in [5, 5.41) is 0. The molecule has 2 atom stereocenters. The minimum absolute atomic E-state index is 0.0541. The molecule has 0 saturated carbocycles. The van der Waals surface area contributed by atoms with Gasteiger partial charge in [0.15, 0.2) is 6.10 Å². The number of rotatable bonds is 43. The number of carbonyl (C=O) groups excluding carboxylic acids is 2. The van der Waals surface area contributed by atoms with Crippen LogP contribution in [-0.2, 0) is 32.7 Å².